The summed E-state index contributed by atoms with van der Waals surface area (Å²) in [5.41, 5.74) is 0.635. The van der Waals surface area contributed by atoms with Gasteiger partial charge in [-0.1, -0.05) is 13.3 Å². The Morgan fingerprint density at radius 2 is 1.93 bits per heavy atom. The molecule has 0 aliphatic carbocycles. The lowest BCUT2D eigenvalue weighted by Gasteiger charge is -2.06. The highest BCUT2D eigenvalue weighted by Crippen LogP contribution is 2.09. The molecule has 0 aliphatic rings. The molecule has 0 bridgehead atoms. The van der Waals surface area contributed by atoms with E-state index in [1.54, 1.807) is 6.92 Å². The second-order valence-corrected chi connectivity index (χ2v) is 2.92. The Kier molecular flexibility index (Phi) is 7.99. The molecule has 82 valence electrons. The number of esters is 1. The summed E-state index contributed by atoms with van der Waals surface area (Å²) in [7, 11) is 0. The average Bonchev–Trinajstić information content (AvgIpc) is 2.18. The van der Waals surface area contributed by atoms with Crippen LogP contribution in [0.2, 0.25) is 0 Å². The van der Waals surface area contributed by atoms with Crippen molar-refractivity contribution in [3.63, 3.8) is 0 Å². The van der Waals surface area contributed by atoms with Gasteiger partial charge in [0.15, 0.2) is 0 Å². The lowest BCUT2D eigenvalue weighted by Crippen LogP contribution is -2.08. The topological polar surface area (TPSA) is 35.5 Å². The van der Waals surface area contributed by atoms with Crippen molar-refractivity contribution in [2.75, 3.05) is 13.2 Å². The van der Waals surface area contributed by atoms with E-state index >= 15 is 0 Å². The van der Waals surface area contributed by atoms with Crippen LogP contribution in [-0.2, 0) is 14.3 Å². The van der Waals surface area contributed by atoms with Gasteiger partial charge in [-0.05, 0) is 26.7 Å². The standard InChI is InChI=1S/C11H20O3/c1-4-7-8-10(9-13-5-2)11(12)14-6-3/h9H,4-8H2,1-3H3/b10-9-. The van der Waals surface area contributed by atoms with Gasteiger partial charge in [0.1, 0.15) is 0 Å². The minimum absolute atomic E-state index is 0.255. The predicted molar refractivity (Wildman–Crippen MR) is 55.9 cm³/mol. The Morgan fingerprint density at radius 1 is 1.21 bits per heavy atom. The fraction of sp³-hybridized carbons (Fsp3) is 0.727. The second kappa shape index (κ2) is 8.60. The fourth-order valence-corrected chi connectivity index (χ4v) is 0.984. The smallest absolute Gasteiger partial charge is 0.337 e. The zero-order valence-corrected chi connectivity index (χ0v) is 9.34. The van der Waals surface area contributed by atoms with Crippen LogP contribution in [0, 0.1) is 0 Å². The van der Waals surface area contributed by atoms with Crippen LogP contribution in [0.3, 0.4) is 0 Å². The third-order valence-corrected chi connectivity index (χ3v) is 1.73. The summed E-state index contributed by atoms with van der Waals surface area (Å²) < 4.78 is 10.0. The molecule has 0 aliphatic heterocycles. The Balaban J connectivity index is 4.15. The summed E-state index contributed by atoms with van der Waals surface area (Å²) in [6.07, 6.45) is 4.30. The van der Waals surface area contributed by atoms with E-state index < -0.39 is 0 Å². The van der Waals surface area contributed by atoms with Crippen molar-refractivity contribution in [2.45, 2.75) is 40.0 Å². The van der Waals surface area contributed by atoms with Gasteiger partial charge in [-0.2, -0.15) is 0 Å². The molecule has 0 saturated carbocycles. The molecule has 0 radical (unpaired) electrons. The molecular weight excluding hydrogens is 180 g/mol. The van der Waals surface area contributed by atoms with Crippen molar-refractivity contribution in [2.24, 2.45) is 0 Å². The van der Waals surface area contributed by atoms with Gasteiger partial charge in [-0.3, -0.25) is 0 Å². The number of unbranched alkanes of at least 4 members (excludes halogenated alkanes) is 1. The van der Waals surface area contributed by atoms with Gasteiger partial charge in [-0.25, -0.2) is 4.79 Å². The van der Waals surface area contributed by atoms with Gasteiger partial charge in [0.2, 0.25) is 0 Å². The first-order valence-corrected chi connectivity index (χ1v) is 5.23. The van der Waals surface area contributed by atoms with Crippen LogP contribution >= 0.6 is 0 Å². The summed E-state index contributed by atoms with van der Waals surface area (Å²) in [6.45, 7) is 6.77. The number of hydrogen-bond donors (Lipinski definition) is 0. The van der Waals surface area contributed by atoms with E-state index in [1.807, 2.05) is 6.92 Å². The van der Waals surface area contributed by atoms with E-state index in [0.29, 0.717) is 18.8 Å². The Hall–Kier alpha value is -0.990. The first-order chi connectivity index (χ1) is 6.76. The first kappa shape index (κ1) is 13.0. The second-order valence-electron chi connectivity index (χ2n) is 2.92. The van der Waals surface area contributed by atoms with Crippen molar-refractivity contribution in [1.82, 2.24) is 0 Å². The zero-order valence-electron chi connectivity index (χ0n) is 9.34. The molecule has 14 heavy (non-hydrogen) atoms. The first-order valence-electron chi connectivity index (χ1n) is 5.23. The molecule has 0 unspecified atom stereocenters. The fourth-order valence-electron chi connectivity index (χ4n) is 0.984. The van der Waals surface area contributed by atoms with Crippen LogP contribution in [-0.4, -0.2) is 19.2 Å². The maximum atomic E-state index is 11.4. The minimum Gasteiger partial charge on any atom is -0.501 e. The minimum atomic E-state index is -0.255. The van der Waals surface area contributed by atoms with Crippen LogP contribution in [0.15, 0.2) is 11.8 Å². The summed E-state index contributed by atoms with van der Waals surface area (Å²) in [5, 5.41) is 0. The summed E-state index contributed by atoms with van der Waals surface area (Å²) in [4.78, 5) is 11.4. The Labute approximate surface area is 86.1 Å². The highest BCUT2D eigenvalue weighted by molar-refractivity contribution is 5.88. The van der Waals surface area contributed by atoms with Crippen LogP contribution in [0.4, 0.5) is 0 Å². The molecule has 0 fully saturated rings. The Bertz CT molecular complexity index is 185. The molecular formula is C11H20O3. The van der Waals surface area contributed by atoms with Crippen LogP contribution < -0.4 is 0 Å². The molecule has 3 nitrogen and oxygen atoms in total. The zero-order chi connectivity index (χ0) is 10.8. The molecule has 0 saturated heterocycles. The van der Waals surface area contributed by atoms with Gasteiger partial charge in [-0.15, -0.1) is 0 Å². The number of ether oxygens (including phenoxy) is 2. The van der Waals surface area contributed by atoms with Crippen LogP contribution in [0.25, 0.3) is 0 Å². The van der Waals surface area contributed by atoms with Crippen molar-refractivity contribution in [3.8, 4) is 0 Å². The van der Waals surface area contributed by atoms with Crippen molar-refractivity contribution >= 4 is 5.97 Å². The van der Waals surface area contributed by atoms with Gasteiger partial charge in [0.25, 0.3) is 0 Å². The van der Waals surface area contributed by atoms with Crippen LogP contribution in [0.1, 0.15) is 40.0 Å². The molecule has 0 rings (SSSR count). The van der Waals surface area contributed by atoms with Gasteiger partial charge < -0.3 is 9.47 Å². The van der Waals surface area contributed by atoms with E-state index in [4.69, 9.17) is 9.47 Å². The molecule has 0 amide bonds. The van der Waals surface area contributed by atoms with Crippen molar-refractivity contribution in [1.29, 1.82) is 0 Å². The summed E-state index contributed by atoms with van der Waals surface area (Å²) in [5.74, 6) is -0.255. The molecule has 0 heterocycles. The average molecular weight is 200 g/mol. The molecule has 0 aromatic carbocycles. The maximum Gasteiger partial charge on any atom is 0.337 e. The van der Waals surface area contributed by atoms with E-state index in [1.165, 1.54) is 6.26 Å². The van der Waals surface area contributed by atoms with Crippen molar-refractivity contribution < 1.29 is 14.3 Å². The van der Waals surface area contributed by atoms with Crippen LogP contribution in [0.5, 0.6) is 0 Å². The lowest BCUT2D eigenvalue weighted by atomic mass is 10.1. The lowest BCUT2D eigenvalue weighted by molar-refractivity contribution is -0.138. The van der Waals surface area contributed by atoms with E-state index in [2.05, 4.69) is 6.92 Å². The van der Waals surface area contributed by atoms with Gasteiger partial charge in [0, 0.05) is 0 Å². The van der Waals surface area contributed by atoms with Gasteiger partial charge >= 0.3 is 5.97 Å². The third-order valence-electron chi connectivity index (χ3n) is 1.73. The SMILES string of the molecule is CCCC/C(=C/OCC)C(=O)OCC. The molecule has 0 spiro atoms. The van der Waals surface area contributed by atoms with Crippen molar-refractivity contribution in [3.05, 3.63) is 11.8 Å². The molecule has 3 heteroatoms. The Morgan fingerprint density at radius 3 is 2.43 bits per heavy atom. The molecule has 0 aromatic rings. The largest absolute Gasteiger partial charge is 0.501 e. The van der Waals surface area contributed by atoms with E-state index in [-0.39, 0.29) is 5.97 Å². The molecule has 0 aromatic heterocycles. The monoisotopic (exact) mass is 200 g/mol. The van der Waals surface area contributed by atoms with E-state index in [0.717, 1.165) is 19.3 Å². The number of carbonyl (C=O) groups excluding carboxylic acids is 1. The van der Waals surface area contributed by atoms with E-state index in [9.17, 15) is 4.79 Å². The summed E-state index contributed by atoms with van der Waals surface area (Å²) in [6, 6.07) is 0. The quantitative estimate of drug-likeness (QED) is 0.360. The predicted octanol–water partition coefficient (Wildman–Crippen LogP) is 2.66. The molecule has 0 atom stereocenters. The third kappa shape index (κ3) is 5.62. The normalized spacial score (nSPS) is 11.2. The number of rotatable bonds is 7. The highest BCUT2D eigenvalue weighted by Gasteiger charge is 2.09. The number of carbonyl (C=O) groups is 1. The maximum absolute atomic E-state index is 11.4. The molecule has 0 N–H and O–H groups in total. The van der Waals surface area contributed by atoms with Gasteiger partial charge in [0.05, 0.1) is 25.0 Å². The highest BCUT2D eigenvalue weighted by atomic mass is 16.5. The summed E-state index contributed by atoms with van der Waals surface area (Å²) >= 11 is 0. The number of hydrogen-bond acceptors (Lipinski definition) is 3.